The van der Waals surface area contributed by atoms with Gasteiger partial charge >= 0.3 is 0 Å². The maximum atomic E-state index is 13.3. The van der Waals surface area contributed by atoms with Crippen LogP contribution in [0.5, 0.6) is 5.75 Å². The maximum absolute atomic E-state index is 13.3. The summed E-state index contributed by atoms with van der Waals surface area (Å²) in [6, 6.07) is 8.40. The molecular weight excluding hydrogens is 420 g/mol. The molecule has 170 valence electrons. The number of halogens is 1. The van der Waals surface area contributed by atoms with Crippen LogP contribution >= 0.6 is 11.6 Å². The Balaban J connectivity index is 1.34. The van der Waals surface area contributed by atoms with Crippen molar-refractivity contribution >= 4 is 23.2 Å². The van der Waals surface area contributed by atoms with Crippen LogP contribution in [0.4, 0.5) is 0 Å². The quantitative estimate of drug-likeness (QED) is 0.356. The second kappa shape index (κ2) is 9.17. The predicted molar refractivity (Wildman–Crippen MR) is 127 cm³/mol. The van der Waals surface area contributed by atoms with Crippen molar-refractivity contribution in [1.29, 1.82) is 0 Å². The highest BCUT2D eigenvalue weighted by atomic mass is 35.5. The van der Waals surface area contributed by atoms with Crippen molar-refractivity contribution in [3.63, 3.8) is 0 Å². The molecule has 0 aliphatic heterocycles. The molecule has 0 unspecified atom stereocenters. The molecule has 0 N–H and O–H groups in total. The van der Waals surface area contributed by atoms with Gasteiger partial charge < -0.3 is 4.74 Å². The second-order valence-electron chi connectivity index (χ2n) is 10.1. The first-order valence-electron chi connectivity index (χ1n) is 12.4. The summed E-state index contributed by atoms with van der Waals surface area (Å²) < 4.78 is 5.83. The smallest absolute Gasteiger partial charge is 0.156 e. The Morgan fingerprint density at radius 3 is 2.62 bits per heavy atom. The molecule has 4 aliphatic rings. The topological polar surface area (TPSA) is 43.4 Å². The summed E-state index contributed by atoms with van der Waals surface area (Å²) in [5, 5.41) is 0. The van der Waals surface area contributed by atoms with E-state index in [1.165, 1.54) is 16.7 Å². The van der Waals surface area contributed by atoms with Crippen LogP contribution in [0.2, 0.25) is 0 Å². The lowest BCUT2D eigenvalue weighted by Crippen LogP contribution is -2.43. The molecule has 0 spiro atoms. The summed E-state index contributed by atoms with van der Waals surface area (Å²) in [4.78, 5) is 25.2. The monoisotopic (exact) mass is 452 g/mol. The molecule has 3 nitrogen and oxygen atoms in total. The highest BCUT2D eigenvalue weighted by Crippen LogP contribution is 2.59. The van der Waals surface area contributed by atoms with Gasteiger partial charge in [0.1, 0.15) is 11.5 Å². The number of Topliss-reactive ketones (excluding diaryl/α,β-unsaturated/α-hetero) is 1. The third-order valence-corrected chi connectivity index (χ3v) is 8.68. The van der Waals surface area contributed by atoms with Gasteiger partial charge in [-0.1, -0.05) is 17.7 Å². The number of alkyl halides is 1. The molecule has 3 atom stereocenters. The van der Waals surface area contributed by atoms with Crippen molar-refractivity contribution in [3.05, 3.63) is 52.6 Å². The van der Waals surface area contributed by atoms with Crippen LogP contribution < -0.4 is 4.74 Å². The van der Waals surface area contributed by atoms with E-state index in [-0.39, 0.29) is 11.2 Å². The van der Waals surface area contributed by atoms with Crippen molar-refractivity contribution in [3.8, 4) is 5.75 Å². The lowest BCUT2D eigenvalue weighted by atomic mass is 9.55. The first-order chi connectivity index (χ1) is 15.6. The Morgan fingerprint density at radius 2 is 1.81 bits per heavy atom. The van der Waals surface area contributed by atoms with Gasteiger partial charge in [-0.15, -0.1) is 11.6 Å². The molecule has 1 aromatic rings. The molecule has 2 fully saturated rings. The molecule has 0 amide bonds. The van der Waals surface area contributed by atoms with Gasteiger partial charge in [0.15, 0.2) is 5.78 Å². The Kier molecular flexibility index (Phi) is 6.29. The predicted octanol–water partition coefficient (Wildman–Crippen LogP) is 6.38. The van der Waals surface area contributed by atoms with E-state index in [0.717, 1.165) is 70.0 Å². The van der Waals surface area contributed by atoms with Gasteiger partial charge in [0.2, 0.25) is 0 Å². The lowest BCUT2D eigenvalue weighted by molar-refractivity contribution is -0.129. The molecule has 5 rings (SSSR count). The maximum Gasteiger partial charge on any atom is 0.156 e. The summed E-state index contributed by atoms with van der Waals surface area (Å²) in [5.74, 6) is 3.32. The van der Waals surface area contributed by atoms with Crippen LogP contribution in [-0.4, -0.2) is 24.1 Å². The van der Waals surface area contributed by atoms with E-state index < -0.39 is 0 Å². The Hall–Kier alpha value is -1.87. The number of rotatable bonds is 7. The standard InChI is InChI=1S/C28H33ClO3/c29-15-1-2-16-32-22-7-3-19(4-8-22)18-28-14-13-24-23-10-6-21(30)17-20(23)5-9-25(24)26(28)11-12-27(28)31/h3-4,7-8,17,25-26H,1-2,5-6,9-16,18H2/t25-,26+,28-/m1/s1. The summed E-state index contributed by atoms with van der Waals surface area (Å²) in [7, 11) is 0. The van der Waals surface area contributed by atoms with E-state index in [2.05, 4.69) is 12.1 Å². The molecule has 1 aromatic carbocycles. The normalized spacial score (nSPS) is 29.3. The largest absolute Gasteiger partial charge is 0.494 e. The van der Waals surface area contributed by atoms with Crippen LogP contribution in [0.1, 0.15) is 69.8 Å². The van der Waals surface area contributed by atoms with Gasteiger partial charge in [-0.25, -0.2) is 0 Å². The Labute approximate surface area is 196 Å². The van der Waals surface area contributed by atoms with Crippen molar-refractivity contribution < 1.29 is 14.3 Å². The number of ketones is 2. The minimum absolute atomic E-state index is 0.205. The van der Waals surface area contributed by atoms with E-state index >= 15 is 0 Å². The number of carbonyl (C=O) groups excluding carboxylic acids is 2. The zero-order valence-corrected chi connectivity index (χ0v) is 19.6. The summed E-state index contributed by atoms with van der Waals surface area (Å²) >= 11 is 5.73. The zero-order valence-electron chi connectivity index (χ0n) is 18.8. The van der Waals surface area contributed by atoms with Crippen molar-refractivity contribution in [2.45, 2.75) is 70.6 Å². The van der Waals surface area contributed by atoms with Gasteiger partial charge in [0.05, 0.1) is 6.61 Å². The fourth-order valence-corrected chi connectivity index (χ4v) is 7.09. The number of allylic oxidation sites excluding steroid dienone is 4. The van der Waals surface area contributed by atoms with E-state index in [1.807, 2.05) is 18.2 Å². The van der Waals surface area contributed by atoms with Gasteiger partial charge in [-0.2, -0.15) is 0 Å². The Morgan fingerprint density at radius 1 is 0.969 bits per heavy atom. The van der Waals surface area contributed by atoms with Gasteiger partial charge in [0.25, 0.3) is 0 Å². The van der Waals surface area contributed by atoms with Crippen molar-refractivity contribution in [1.82, 2.24) is 0 Å². The summed E-state index contributed by atoms with van der Waals surface area (Å²) in [6.45, 7) is 0.692. The van der Waals surface area contributed by atoms with Gasteiger partial charge in [-0.3, -0.25) is 9.59 Å². The summed E-state index contributed by atoms with van der Waals surface area (Å²) in [6.07, 6.45) is 12.1. The van der Waals surface area contributed by atoms with Crippen LogP contribution in [0.3, 0.4) is 0 Å². The number of ether oxygens (including phenoxy) is 1. The molecule has 2 saturated carbocycles. The second-order valence-corrected chi connectivity index (χ2v) is 10.5. The first kappa shape index (κ1) is 21.9. The molecule has 0 radical (unpaired) electrons. The van der Waals surface area contributed by atoms with E-state index in [9.17, 15) is 9.59 Å². The number of hydrogen-bond acceptors (Lipinski definition) is 3. The highest BCUT2D eigenvalue weighted by Gasteiger charge is 2.55. The molecule has 0 saturated heterocycles. The third kappa shape index (κ3) is 3.98. The average molecular weight is 453 g/mol. The molecule has 0 heterocycles. The van der Waals surface area contributed by atoms with Crippen LogP contribution in [0.15, 0.2) is 47.1 Å². The highest BCUT2D eigenvalue weighted by molar-refractivity contribution is 6.17. The van der Waals surface area contributed by atoms with E-state index in [4.69, 9.17) is 16.3 Å². The van der Waals surface area contributed by atoms with Crippen molar-refractivity contribution in [2.75, 3.05) is 12.5 Å². The third-order valence-electron chi connectivity index (χ3n) is 8.42. The average Bonchev–Trinajstić information content (AvgIpc) is 3.13. The number of fused-ring (bicyclic) bond motifs is 4. The molecule has 0 aromatic heterocycles. The molecule has 4 aliphatic carbocycles. The number of carbonyl (C=O) groups is 2. The van der Waals surface area contributed by atoms with Crippen LogP contribution in [0, 0.1) is 17.3 Å². The lowest BCUT2D eigenvalue weighted by Gasteiger charge is -2.48. The van der Waals surface area contributed by atoms with Gasteiger partial charge in [0, 0.05) is 24.1 Å². The van der Waals surface area contributed by atoms with E-state index in [1.54, 1.807) is 5.57 Å². The number of hydrogen-bond donors (Lipinski definition) is 0. The zero-order chi connectivity index (χ0) is 22.1. The molecule has 4 heteroatoms. The molecule has 32 heavy (non-hydrogen) atoms. The fourth-order valence-electron chi connectivity index (χ4n) is 6.90. The Bertz CT molecular complexity index is 957. The molecular formula is C28H33ClO3. The molecule has 0 bridgehead atoms. The fraction of sp³-hybridized carbons (Fsp3) is 0.571. The van der Waals surface area contributed by atoms with Gasteiger partial charge in [-0.05, 0) is 105 Å². The van der Waals surface area contributed by atoms with Crippen LogP contribution in [-0.2, 0) is 16.0 Å². The number of unbranched alkanes of at least 4 members (excludes halogenated alkanes) is 1. The minimum atomic E-state index is -0.205. The first-order valence-corrected chi connectivity index (χ1v) is 12.9. The number of benzene rings is 1. The minimum Gasteiger partial charge on any atom is -0.494 e. The summed E-state index contributed by atoms with van der Waals surface area (Å²) in [5.41, 5.74) is 5.40. The van der Waals surface area contributed by atoms with Crippen molar-refractivity contribution in [2.24, 2.45) is 17.3 Å². The van der Waals surface area contributed by atoms with E-state index in [0.29, 0.717) is 36.5 Å². The van der Waals surface area contributed by atoms with Crippen LogP contribution in [0.25, 0.3) is 0 Å². The SMILES string of the molecule is O=C1C=C2CC[C@@H]3C(=C2CC1)CC[C@]1(Cc2ccc(OCCCCCl)cc2)C(=O)CC[C@@H]31.